The van der Waals surface area contributed by atoms with Gasteiger partial charge in [-0.25, -0.2) is 0 Å². The van der Waals surface area contributed by atoms with Gasteiger partial charge < -0.3 is 9.47 Å². The zero-order valence-corrected chi connectivity index (χ0v) is 10.8. The Morgan fingerprint density at radius 1 is 1.33 bits per heavy atom. The molecule has 2 aliphatic heterocycles. The molecule has 0 radical (unpaired) electrons. The average molecular weight is 246 g/mol. The van der Waals surface area contributed by atoms with Crippen LogP contribution in [-0.4, -0.2) is 24.6 Å². The predicted octanol–water partition coefficient (Wildman–Crippen LogP) is 2.62. The first-order valence-corrected chi connectivity index (χ1v) is 6.60. The summed E-state index contributed by atoms with van der Waals surface area (Å²) in [5.41, 5.74) is 1.89. The van der Waals surface area contributed by atoms with E-state index in [-0.39, 0.29) is 18.0 Å². The molecule has 0 N–H and O–H groups in total. The van der Waals surface area contributed by atoms with E-state index in [4.69, 9.17) is 9.47 Å². The number of hydrogen-bond donors (Lipinski definition) is 0. The van der Waals surface area contributed by atoms with Gasteiger partial charge in [0.1, 0.15) is 18.0 Å². The number of ether oxygens (including phenoxy) is 2. The summed E-state index contributed by atoms with van der Waals surface area (Å²) in [5, 5.41) is 0. The van der Waals surface area contributed by atoms with E-state index < -0.39 is 0 Å². The average Bonchev–Trinajstić information content (AvgIpc) is 2.91. The van der Waals surface area contributed by atoms with Crippen LogP contribution in [-0.2, 0) is 11.2 Å². The summed E-state index contributed by atoms with van der Waals surface area (Å²) >= 11 is 0. The monoisotopic (exact) mass is 246 g/mol. The molecule has 3 unspecified atom stereocenters. The molecule has 0 spiro atoms. The number of fused-ring (bicyclic) bond motifs is 1. The zero-order chi connectivity index (χ0) is 12.7. The van der Waals surface area contributed by atoms with E-state index in [9.17, 15) is 4.79 Å². The molecule has 1 saturated heterocycles. The van der Waals surface area contributed by atoms with Crippen LogP contribution in [0.2, 0.25) is 0 Å². The van der Waals surface area contributed by atoms with E-state index in [0.717, 1.165) is 29.7 Å². The quantitative estimate of drug-likeness (QED) is 0.752. The van der Waals surface area contributed by atoms with Crippen molar-refractivity contribution in [1.82, 2.24) is 0 Å². The smallest absolute Gasteiger partial charge is 0.191 e. The van der Waals surface area contributed by atoms with Crippen molar-refractivity contribution in [1.29, 1.82) is 0 Å². The standard InChI is InChI=1S/C15H18O3/c1-9-5-6-17-15(9)14(16)11-3-4-13-12(8-11)7-10(2)18-13/h3-4,8-10,15H,5-7H2,1-2H3. The molecule has 0 amide bonds. The van der Waals surface area contributed by atoms with Crippen molar-refractivity contribution in [2.24, 2.45) is 5.92 Å². The van der Waals surface area contributed by atoms with Crippen molar-refractivity contribution < 1.29 is 14.3 Å². The van der Waals surface area contributed by atoms with Gasteiger partial charge in [-0.2, -0.15) is 0 Å². The van der Waals surface area contributed by atoms with E-state index in [1.54, 1.807) is 0 Å². The maximum absolute atomic E-state index is 12.4. The number of carbonyl (C=O) groups is 1. The van der Waals surface area contributed by atoms with Crippen LogP contribution in [0.3, 0.4) is 0 Å². The molecule has 1 aromatic carbocycles. The highest BCUT2D eigenvalue weighted by molar-refractivity contribution is 6.00. The predicted molar refractivity (Wildman–Crippen MR) is 68.1 cm³/mol. The van der Waals surface area contributed by atoms with E-state index >= 15 is 0 Å². The fourth-order valence-corrected chi connectivity index (χ4v) is 2.77. The molecule has 2 heterocycles. The van der Waals surface area contributed by atoms with Crippen LogP contribution >= 0.6 is 0 Å². The topological polar surface area (TPSA) is 35.5 Å². The molecule has 1 fully saturated rings. The highest BCUT2D eigenvalue weighted by Gasteiger charge is 2.32. The minimum absolute atomic E-state index is 0.113. The Hall–Kier alpha value is -1.35. The lowest BCUT2D eigenvalue weighted by Crippen LogP contribution is -2.25. The van der Waals surface area contributed by atoms with Gasteiger partial charge in [0.05, 0.1) is 0 Å². The minimum atomic E-state index is -0.261. The normalized spacial score (nSPS) is 30.0. The minimum Gasteiger partial charge on any atom is -0.490 e. The highest BCUT2D eigenvalue weighted by Crippen LogP contribution is 2.31. The molecule has 2 aliphatic rings. The Kier molecular flexibility index (Phi) is 2.86. The van der Waals surface area contributed by atoms with Gasteiger partial charge in [-0.05, 0) is 43.0 Å². The number of rotatable bonds is 2. The van der Waals surface area contributed by atoms with Gasteiger partial charge in [0.25, 0.3) is 0 Å². The SMILES string of the molecule is CC1Cc2cc(C(=O)C3OCCC3C)ccc2O1. The summed E-state index contributed by atoms with van der Waals surface area (Å²) in [7, 11) is 0. The molecule has 3 heteroatoms. The molecule has 3 nitrogen and oxygen atoms in total. The van der Waals surface area contributed by atoms with Crippen LogP contribution in [0, 0.1) is 5.92 Å². The first-order chi connectivity index (χ1) is 8.65. The third-order valence-corrected chi connectivity index (χ3v) is 3.83. The molecule has 1 aromatic rings. The van der Waals surface area contributed by atoms with Gasteiger partial charge in [-0.15, -0.1) is 0 Å². The summed E-state index contributed by atoms with van der Waals surface area (Å²) in [4.78, 5) is 12.4. The summed E-state index contributed by atoms with van der Waals surface area (Å²) in [6.45, 7) is 4.82. The fourth-order valence-electron chi connectivity index (χ4n) is 2.77. The number of carbonyl (C=O) groups excluding carboxylic acids is 1. The molecular formula is C15H18O3. The number of Topliss-reactive ketones (excluding diaryl/α,β-unsaturated/α-hetero) is 1. The van der Waals surface area contributed by atoms with Gasteiger partial charge in [0.2, 0.25) is 0 Å². The summed E-state index contributed by atoms with van der Waals surface area (Å²) in [6.07, 6.45) is 1.81. The lowest BCUT2D eigenvalue weighted by atomic mass is 9.95. The lowest BCUT2D eigenvalue weighted by molar-refractivity contribution is 0.0579. The molecular weight excluding hydrogens is 228 g/mol. The van der Waals surface area contributed by atoms with Crippen molar-refractivity contribution in [2.45, 2.75) is 38.9 Å². The van der Waals surface area contributed by atoms with Crippen molar-refractivity contribution >= 4 is 5.78 Å². The van der Waals surface area contributed by atoms with Gasteiger partial charge in [0, 0.05) is 18.6 Å². The number of hydrogen-bond acceptors (Lipinski definition) is 3. The first kappa shape index (κ1) is 11.7. The molecule has 0 saturated carbocycles. The van der Waals surface area contributed by atoms with E-state index in [1.165, 1.54) is 0 Å². The molecule has 3 atom stereocenters. The molecule has 0 bridgehead atoms. The molecule has 96 valence electrons. The summed E-state index contributed by atoms with van der Waals surface area (Å²) in [6, 6.07) is 5.73. The Bertz CT molecular complexity index is 481. The maximum Gasteiger partial charge on any atom is 0.191 e. The van der Waals surface area contributed by atoms with Crippen molar-refractivity contribution in [2.75, 3.05) is 6.61 Å². The van der Waals surface area contributed by atoms with Crippen LogP contribution in [0.1, 0.15) is 36.2 Å². The Balaban J connectivity index is 1.85. The van der Waals surface area contributed by atoms with Crippen molar-refractivity contribution in [3.05, 3.63) is 29.3 Å². The zero-order valence-electron chi connectivity index (χ0n) is 10.8. The number of ketones is 1. The molecule has 0 aromatic heterocycles. The second-order valence-electron chi connectivity index (χ2n) is 5.38. The Morgan fingerprint density at radius 3 is 2.89 bits per heavy atom. The molecule has 18 heavy (non-hydrogen) atoms. The van der Waals surface area contributed by atoms with Crippen LogP contribution in [0.5, 0.6) is 5.75 Å². The first-order valence-electron chi connectivity index (χ1n) is 6.60. The van der Waals surface area contributed by atoms with Crippen LogP contribution in [0.25, 0.3) is 0 Å². The summed E-state index contributed by atoms with van der Waals surface area (Å²) in [5.74, 6) is 1.35. The second kappa shape index (κ2) is 4.39. The maximum atomic E-state index is 12.4. The van der Waals surface area contributed by atoms with E-state index in [2.05, 4.69) is 6.92 Å². The van der Waals surface area contributed by atoms with Gasteiger partial charge in [-0.3, -0.25) is 4.79 Å². The van der Waals surface area contributed by atoms with Crippen molar-refractivity contribution in [3.63, 3.8) is 0 Å². The number of benzene rings is 1. The largest absolute Gasteiger partial charge is 0.490 e. The lowest BCUT2D eigenvalue weighted by Gasteiger charge is -2.13. The van der Waals surface area contributed by atoms with Gasteiger partial charge in [-0.1, -0.05) is 6.92 Å². The van der Waals surface area contributed by atoms with Crippen LogP contribution in [0.15, 0.2) is 18.2 Å². The van der Waals surface area contributed by atoms with E-state index in [0.29, 0.717) is 12.5 Å². The Morgan fingerprint density at radius 2 is 2.17 bits per heavy atom. The Labute approximate surface area is 107 Å². The molecule has 0 aliphatic carbocycles. The third-order valence-electron chi connectivity index (χ3n) is 3.83. The van der Waals surface area contributed by atoms with Crippen LogP contribution < -0.4 is 4.74 Å². The summed E-state index contributed by atoms with van der Waals surface area (Å²) < 4.78 is 11.2. The van der Waals surface area contributed by atoms with Gasteiger partial charge in [0.15, 0.2) is 5.78 Å². The molecule has 3 rings (SSSR count). The highest BCUT2D eigenvalue weighted by atomic mass is 16.5. The fraction of sp³-hybridized carbons (Fsp3) is 0.533. The van der Waals surface area contributed by atoms with Crippen LogP contribution in [0.4, 0.5) is 0 Å². The van der Waals surface area contributed by atoms with Gasteiger partial charge >= 0.3 is 0 Å². The van der Waals surface area contributed by atoms with E-state index in [1.807, 2.05) is 25.1 Å². The second-order valence-corrected chi connectivity index (χ2v) is 5.38. The van der Waals surface area contributed by atoms with Crippen molar-refractivity contribution in [3.8, 4) is 5.75 Å². The third kappa shape index (κ3) is 1.93.